The van der Waals surface area contributed by atoms with E-state index >= 15 is 0 Å². The lowest BCUT2D eigenvalue weighted by molar-refractivity contribution is 0.487. The Morgan fingerprint density at radius 2 is 2.33 bits per heavy atom. The Labute approximate surface area is 91.9 Å². The van der Waals surface area contributed by atoms with Gasteiger partial charge in [0.1, 0.15) is 0 Å². The van der Waals surface area contributed by atoms with Crippen molar-refractivity contribution < 1.29 is 0 Å². The van der Waals surface area contributed by atoms with Gasteiger partial charge in [0.2, 0.25) is 0 Å². The fraction of sp³-hybridized carbons (Fsp3) is 0.750. The van der Waals surface area contributed by atoms with Crippen LogP contribution in [-0.4, -0.2) is 15.8 Å². The molecule has 0 aliphatic heterocycles. The Morgan fingerprint density at radius 1 is 1.60 bits per heavy atom. The van der Waals surface area contributed by atoms with E-state index in [4.69, 9.17) is 0 Å². The van der Waals surface area contributed by atoms with Crippen LogP contribution < -0.4 is 5.32 Å². The molecular weight excluding hydrogens is 186 g/mol. The molecule has 0 amide bonds. The average Bonchev–Trinajstić information content (AvgIpc) is 2.89. The van der Waals surface area contributed by atoms with Crippen molar-refractivity contribution in [2.24, 2.45) is 13.0 Å². The number of hydrogen-bond acceptors (Lipinski definition) is 2. The third kappa shape index (κ3) is 3.06. The molecule has 1 saturated carbocycles. The van der Waals surface area contributed by atoms with E-state index in [1.807, 2.05) is 11.7 Å². The molecule has 1 fully saturated rings. The fourth-order valence-corrected chi connectivity index (χ4v) is 2.04. The highest BCUT2D eigenvalue weighted by Crippen LogP contribution is 2.33. The summed E-state index contributed by atoms with van der Waals surface area (Å²) in [6.45, 7) is 5.31. The second kappa shape index (κ2) is 4.35. The lowest BCUT2D eigenvalue weighted by Gasteiger charge is -2.12. The second-order valence-electron chi connectivity index (χ2n) is 4.87. The maximum Gasteiger partial charge on any atom is 0.0638 e. The van der Waals surface area contributed by atoms with Crippen LogP contribution in [0.4, 0.5) is 0 Å². The molecule has 0 aromatic carbocycles. The van der Waals surface area contributed by atoms with E-state index in [9.17, 15) is 0 Å². The van der Waals surface area contributed by atoms with Gasteiger partial charge in [-0.3, -0.25) is 4.68 Å². The summed E-state index contributed by atoms with van der Waals surface area (Å²) in [5.41, 5.74) is 2.46. The van der Waals surface area contributed by atoms with Gasteiger partial charge in [-0.15, -0.1) is 0 Å². The summed E-state index contributed by atoms with van der Waals surface area (Å²) in [5, 5.41) is 7.91. The Kier molecular flexibility index (Phi) is 3.10. The van der Waals surface area contributed by atoms with Crippen molar-refractivity contribution in [2.45, 2.75) is 45.7 Å². The van der Waals surface area contributed by atoms with Crippen molar-refractivity contribution in [1.29, 1.82) is 0 Å². The average molecular weight is 207 g/mol. The van der Waals surface area contributed by atoms with Gasteiger partial charge in [-0.1, -0.05) is 12.8 Å². The highest BCUT2D eigenvalue weighted by molar-refractivity contribution is 5.14. The molecule has 0 spiro atoms. The van der Waals surface area contributed by atoms with Crippen LogP contribution in [0.3, 0.4) is 0 Å². The van der Waals surface area contributed by atoms with Crippen molar-refractivity contribution in [3.63, 3.8) is 0 Å². The third-order valence-electron chi connectivity index (χ3n) is 3.14. The summed E-state index contributed by atoms with van der Waals surface area (Å²) in [6, 6.07) is 0.636. The minimum absolute atomic E-state index is 0.636. The van der Waals surface area contributed by atoms with E-state index in [0.29, 0.717) is 6.04 Å². The van der Waals surface area contributed by atoms with Gasteiger partial charge in [0.15, 0.2) is 0 Å². The van der Waals surface area contributed by atoms with Crippen molar-refractivity contribution in [1.82, 2.24) is 15.1 Å². The Bertz CT molecular complexity index is 326. The molecule has 84 valence electrons. The predicted octanol–water partition coefficient (Wildman–Crippen LogP) is 2.01. The van der Waals surface area contributed by atoms with Crippen molar-refractivity contribution >= 4 is 0 Å². The topological polar surface area (TPSA) is 29.9 Å². The predicted molar refractivity (Wildman–Crippen MR) is 61.6 cm³/mol. The molecule has 3 heteroatoms. The van der Waals surface area contributed by atoms with Crippen LogP contribution in [0.15, 0.2) is 6.20 Å². The number of nitrogens with one attached hydrogen (secondary N) is 1. The van der Waals surface area contributed by atoms with Gasteiger partial charge in [0, 0.05) is 31.4 Å². The largest absolute Gasteiger partial charge is 0.310 e. The Balaban J connectivity index is 1.78. The summed E-state index contributed by atoms with van der Waals surface area (Å²) in [6.07, 6.45) is 6.32. The summed E-state index contributed by atoms with van der Waals surface area (Å²) in [4.78, 5) is 0. The van der Waals surface area contributed by atoms with Crippen LogP contribution in [0.5, 0.6) is 0 Å². The second-order valence-corrected chi connectivity index (χ2v) is 4.87. The van der Waals surface area contributed by atoms with Gasteiger partial charge in [-0.2, -0.15) is 5.10 Å². The molecule has 1 unspecified atom stereocenters. The third-order valence-corrected chi connectivity index (χ3v) is 3.14. The molecule has 1 atom stereocenters. The number of aryl methyl sites for hydroxylation is 2. The number of nitrogens with zero attached hydrogens (tertiary/aromatic N) is 2. The monoisotopic (exact) mass is 207 g/mol. The minimum Gasteiger partial charge on any atom is -0.310 e. The molecule has 1 aromatic heterocycles. The number of aromatic nitrogens is 2. The standard InChI is InChI=1S/C12H21N3/c1-9(6-11-4-5-11)13-7-12-8-15(3)14-10(12)2/h8-9,11,13H,4-7H2,1-3H3. The van der Waals surface area contributed by atoms with E-state index in [1.165, 1.54) is 24.8 Å². The van der Waals surface area contributed by atoms with Gasteiger partial charge in [-0.05, 0) is 26.2 Å². The van der Waals surface area contributed by atoms with Crippen molar-refractivity contribution in [3.8, 4) is 0 Å². The first kappa shape index (κ1) is 10.7. The van der Waals surface area contributed by atoms with Gasteiger partial charge < -0.3 is 5.32 Å². The summed E-state index contributed by atoms with van der Waals surface area (Å²) >= 11 is 0. The first-order valence-electron chi connectivity index (χ1n) is 5.87. The van der Waals surface area contributed by atoms with Crippen molar-refractivity contribution in [3.05, 3.63) is 17.5 Å². The molecule has 15 heavy (non-hydrogen) atoms. The molecule has 1 aromatic rings. The molecule has 1 aliphatic carbocycles. The van der Waals surface area contributed by atoms with Gasteiger partial charge in [-0.25, -0.2) is 0 Å². The van der Waals surface area contributed by atoms with Crippen LogP contribution in [0, 0.1) is 12.8 Å². The van der Waals surface area contributed by atoms with Crippen molar-refractivity contribution in [2.75, 3.05) is 0 Å². The molecule has 2 rings (SSSR count). The van der Waals surface area contributed by atoms with Gasteiger partial charge in [0.05, 0.1) is 5.69 Å². The molecule has 0 bridgehead atoms. The Morgan fingerprint density at radius 3 is 2.87 bits per heavy atom. The summed E-state index contributed by atoms with van der Waals surface area (Å²) < 4.78 is 1.89. The summed E-state index contributed by atoms with van der Waals surface area (Å²) in [7, 11) is 1.98. The van der Waals surface area contributed by atoms with Gasteiger partial charge >= 0.3 is 0 Å². The van der Waals surface area contributed by atoms with Crippen LogP contribution >= 0.6 is 0 Å². The van der Waals surface area contributed by atoms with Gasteiger partial charge in [0.25, 0.3) is 0 Å². The van der Waals surface area contributed by atoms with E-state index in [0.717, 1.165) is 18.2 Å². The molecule has 0 saturated heterocycles. The van der Waals surface area contributed by atoms with Crippen LogP contribution in [0.1, 0.15) is 37.4 Å². The Hall–Kier alpha value is -0.830. The summed E-state index contributed by atoms with van der Waals surface area (Å²) in [5.74, 6) is 1.00. The van der Waals surface area contributed by atoms with Crippen LogP contribution in [0.2, 0.25) is 0 Å². The van der Waals surface area contributed by atoms with E-state index in [1.54, 1.807) is 0 Å². The highest BCUT2D eigenvalue weighted by atomic mass is 15.2. The van der Waals surface area contributed by atoms with E-state index in [-0.39, 0.29) is 0 Å². The zero-order valence-corrected chi connectivity index (χ0v) is 9.95. The first-order chi connectivity index (χ1) is 7.15. The number of hydrogen-bond donors (Lipinski definition) is 1. The quantitative estimate of drug-likeness (QED) is 0.800. The maximum absolute atomic E-state index is 4.34. The van der Waals surface area contributed by atoms with E-state index < -0.39 is 0 Å². The molecule has 3 nitrogen and oxygen atoms in total. The molecule has 1 heterocycles. The SMILES string of the molecule is Cc1nn(C)cc1CNC(C)CC1CC1. The first-order valence-corrected chi connectivity index (χ1v) is 5.87. The fourth-order valence-electron chi connectivity index (χ4n) is 2.04. The van der Waals surface area contributed by atoms with Crippen LogP contribution in [-0.2, 0) is 13.6 Å². The molecule has 0 radical (unpaired) electrons. The smallest absolute Gasteiger partial charge is 0.0638 e. The minimum atomic E-state index is 0.636. The zero-order chi connectivity index (χ0) is 10.8. The molecular formula is C12H21N3. The normalized spacial score (nSPS) is 18.1. The molecule has 1 N–H and O–H groups in total. The van der Waals surface area contributed by atoms with E-state index in [2.05, 4.69) is 30.5 Å². The lowest BCUT2D eigenvalue weighted by Crippen LogP contribution is -2.26. The van der Waals surface area contributed by atoms with Crippen LogP contribution in [0.25, 0.3) is 0 Å². The maximum atomic E-state index is 4.34. The molecule has 1 aliphatic rings. The zero-order valence-electron chi connectivity index (χ0n) is 9.95. The highest BCUT2D eigenvalue weighted by Gasteiger charge is 2.23. The lowest BCUT2D eigenvalue weighted by atomic mass is 10.1. The number of rotatable bonds is 5.